The third kappa shape index (κ3) is 8.31. The van der Waals surface area contributed by atoms with E-state index in [2.05, 4.69) is 0 Å². The summed E-state index contributed by atoms with van der Waals surface area (Å²) in [6.45, 7) is 4.08. The Morgan fingerprint density at radius 1 is 0.808 bits per heavy atom. The first-order chi connectivity index (χ1) is 12.5. The standard InChI is InChI=1S/2C9H12O3.O.V/c2*1-2-3-4-8-9(11)7(10)5-6-12-8;;/h2*5-6,11H,2-4H2,1H3;;. The Labute approximate surface area is 160 Å². The molecule has 0 spiro atoms. The number of hydrogen-bond acceptors (Lipinski definition) is 7. The molecule has 2 rings (SSSR count). The zero-order valence-corrected chi connectivity index (χ0v) is 16.3. The molecule has 8 heteroatoms. The predicted molar refractivity (Wildman–Crippen MR) is 91.2 cm³/mol. The molecular weight excluding hydrogens is 379 g/mol. The molecule has 0 aliphatic rings. The van der Waals surface area contributed by atoms with E-state index in [-0.39, 0.29) is 22.4 Å². The Kier molecular flexibility index (Phi) is 12.9. The first-order valence-corrected chi connectivity index (χ1v) is 8.85. The molecule has 0 amide bonds. The van der Waals surface area contributed by atoms with Crippen molar-refractivity contribution in [2.75, 3.05) is 0 Å². The van der Waals surface area contributed by atoms with E-state index in [4.69, 9.17) is 12.5 Å². The van der Waals surface area contributed by atoms with Crippen LogP contribution in [0.15, 0.2) is 43.1 Å². The number of unbranched alkanes of at least 4 members (excludes halogenated alkanes) is 2. The van der Waals surface area contributed by atoms with Gasteiger partial charge in [-0.05, 0) is 12.8 Å². The van der Waals surface area contributed by atoms with E-state index in [0.717, 1.165) is 43.1 Å². The van der Waals surface area contributed by atoms with E-state index >= 15 is 0 Å². The van der Waals surface area contributed by atoms with Crippen molar-refractivity contribution in [3.05, 3.63) is 56.6 Å². The molecule has 143 valence electrons. The van der Waals surface area contributed by atoms with Gasteiger partial charge in [-0.3, -0.25) is 9.59 Å². The van der Waals surface area contributed by atoms with Gasteiger partial charge in [0.15, 0.2) is 0 Å². The number of hydrogen-bond donors (Lipinski definition) is 2. The Bertz CT molecular complexity index is 688. The maximum absolute atomic E-state index is 10.9. The van der Waals surface area contributed by atoms with Gasteiger partial charge in [-0.15, -0.1) is 0 Å². The van der Waals surface area contributed by atoms with E-state index in [0.29, 0.717) is 24.4 Å². The Hall–Kier alpha value is -2.12. The Morgan fingerprint density at radius 2 is 1.15 bits per heavy atom. The van der Waals surface area contributed by atoms with E-state index < -0.39 is 0 Å². The summed E-state index contributed by atoms with van der Waals surface area (Å²) in [5, 5.41) is 18.4. The molecule has 2 heterocycles. The van der Waals surface area contributed by atoms with Crippen LogP contribution in [0.3, 0.4) is 0 Å². The van der Waals surface area contributed by atoms with Crippen molar-refractivity contribution in [3.8, 4) is 11.5 Å². The molecule has 2 aromatic rings. The number of aromatic hydroxyl groups is 2. The molecule has 0 saturated carbocycles. The first-order valence-electron chi connectivity index (χ1n) is 8.28. The first kappa shape index (κ1) is 23.9. The molecule has 0 unspecified atom stereocenters. The molecular formula is C18H24O7V. The van der Waals surface area contributed by atoms with Gasteiger partial charge in [0.1, 0.15) is 11.5 Å². The van der Waals surface area contributed by atoms with E-state index in [1.165, 1.54) is 24.7 Å². The van der Waals surface area contributed by atoms with E-state index in [1.807, 2.05) is 13.8 Å². The molecule has 0 atom stereocenters. The molecule has 0 fully saturated rings. The molecule has 7 nitrogen and oxygen atoms in total. The molecule has 0 radical (unpaired) electrons. The summed E-state index contributed by atoms with van der Waals surface area (Å²) in [7, 11) is 0. The maximum atomic E-state index is 10.9. The summed E-state index contributed by atoms with van der Waals surface area (Å²) in [5.41, 5.74) is -0.736. The molecule has 2 aromatic heterocycles. The summed E-state index contributed by atoms with van der Waals surface area (Å²) < 4.78 is 18.2. The van der Waals surface area contributed by atoms with Crippen LogP contribution in [0, 0.1) is 0 Å². The van der Waals surface area contributed by atoms with Crippen molar-refractivity contribution in [2.24, 2.45) is 0 Å². The minimum absolute atomic E-state index is 0.244. The van der Waals surface area contributed by atoms with Gasteiger partial charge in [-0.1, -0.05) is 26.7 Å². The van der Waals surface area contributed by atoms with Crippen LogP contribution in [0.1, 0.15) is 51.1 Å². The van der Waals surface area contributed by atoms with Gasteiger partial charge in [0.2, 0.25) is 22.4 Å². The molecule has 0 aliphatic carbocycles. The Balaban J connectivity index is 0.000000439. The van der Waals surface area contributed by atoms with Crippen molar-refractivity contribution < 1.29 is 40.1 Å². The molecule has 2 N–H and O–H groups in total. The number of aryl methyl sites for hydroxylation is 2. The summed E-state index contributed by atoms with van der Waals surface area (Å²) in [5.74, 6) is 0.297. The fourth-order valence-electron chi connectivity index (χ4n) is 1.93. The van der Waals surface area contributed by atoms with Gasteiger partial charge in [-0.25, -0.2) is 0 Å². The second-order valence-corrected chi connectivity index (χ2v) is 5.32. The van der Waals surface area contributed by atoms with Crippen molar-refractivity contribution >= 4 is 0 Å². The minimum atomic E-state index is -0.368. The van der Waals surface area contributed by atoms with Crippen LogP contribution < -0.4 is 10.9 Å². The van der Waals surface area contributed by atoms with Crippen LogP contribution in [0.4, 0.5) is 0 Å². The van der Waals surface area contributed by atoms with Crippen LogP contribution in [0.2, 0.25) is 0 Å². The SMILES string of the molecule is CCCCc1occc(=O)c1O.CCCCc1occc(=O)c1O.[O]=[V]. The van der Waals surface area contributed by atoms with Crippen LogP contribution in [0.5, 0.6) is 11.5 Å². The van der Waals surface area contributed by atoms with Gasteiger partial charge < -0.3 is 19.0 Å². The van der Waals surface area contributed by atoms with Crippen molar-refractivity contribution in [1.29, 1.82) is 0 Å². The van der Waals surface area contributed by atoms with Crippen LogP contribution >= 0.6 is 0 Å². The Morgan fingerprint density at radius 3 is 1.46 bits per heavy atom. The third-order valence-electron chi connectivity index (χ3n) is 3.37. The van der Waals surface area contributed by atoms with Gasteiger partial charge in [-0.2, -0.15) is 0 Å². The van der Waals surface area contributed by atoms with Gasteiger partial charge >= 0.3 is 21.0 Å². The van der Waals surface area contributed by atoms with Gasteiger partial charge in [0, 0.05) is 25.0 Å². The normalized spacial score (nSPS) is 9.42. The van der Waals surface area contributed by atoms with Crippen LogP contribution in [-0.4, -0.2) is 10.2 Å². The van der Waals surface area contributed by atoms with Crippen molar-refractivity contribution in [3.63, 3.8) is 0 Å². The van der Waals surface area contributed by atoms with Crippen molar-refractivity contribution in [1.82, 2.24) is 0 Å². The van der Waals surface area contributed by atoms with Gasteiger partial charge in [0.05, 0.1) is 12.5 Å². The molecule has 26 heavy (non-hydrogen) atoms. The molecule has 0 aliphatic heterocycles. The summed E-state index contributed by atoms with van der Waals surface area (Å²) in [4.78, 5) is 21.8. The molecule has 0 bridgehead atoms. The van der Waals surface area contributed by atoms with Crippen LogP contribution in [0.25, 0.3) is 0 Å². The summed E-state index contributed by atoms with van der Waals surface area (Å²) in [6, 6.07) is 2.43. The van der Waals surface area contributed by atoms with E-state index in [9.17, 15) is 19.8 Å². The topological polar surface area (TPSA) is 118 Å². The second-order valence-electron chi connectivity index (χ2n) is 5.32. The van der Waals surface area contributed by atoms with Crippen molar-refractivity contribution in [2.45, 2.75) is 52.4 Å². The second kappa shape index (κ2) is 14.1. The zero-order chi connectivity index (χ0) is 19.9. The average molecular weight is 403 g/mol. The molecule has 0 saturated heterocycles. The van der Waals surface area contributed by atoms with Gasteiger partial charge in [0.25, 0.3) is 0 Å². The zero-order valence-electron chi connectivity index (χ0n) is 14.9. The average Bonchev–Trinajstić information content (AvgIpc) is 2.66. The quantitative estimate of drug-likeness (QED) is 0.760. The summed E-state index contributed by atoms with van der Waals surface area (Å²) >= 11 is 1.06. The summed E-state index contributed by atoms with van der Waals surface area (Å²) in [6.07, 6.45) is 7.73. The fraction of sp³-hybridized carbons (Fsp3) is 0.444. The number of rotatable bonds is 6. The monoisotopic (exact) mass is 403 g/mol. The molecule has 0 aromatic carbocycles. The van der Waals surface area contributed by atoms with Crippen LogP contribution in [-0.2, 0) is 33.9 Å². The fourth-order valence-corrected chi connectivity index (χ4v) is 1.93. The predicted octanol–water partition coefficient (Wildman–Crippen LogP) is 3.25. The third-order valence-corrected chi connectivity index (χ3v) is 3.37. The van der Waals surface area contributed by atoms with E-state index in [1.54, 1.807) is 0 Å².